The highest BCUT2D eigenvalue weighted by atomic mass is 32.1. The van der Waals surface area contributed by atoms with Crippen molar-refractivity contribution in [1.82, 2.24) is 5.32 Å². The molecule has 0 bridgehead atoms. The van der Waals surface area contributed by atoms with Crippen molar-refractivity contribution in [2.24, 2.45) is 0 Å². The second-order valence-corrected chi connectivity index (χ2v) is 3.42. The number of hydrogen-bond acceptors (Lipinski definition) is 3. The van der Waals surface area contributed by atoms with E-state index in [1.54, 1.807) is 11.3 Å². The summed E-state index contributed by atoms with van der Waals surface area (Å²) in [6.45, 7) is 1.98. The first-order valence-corrected chi connectivity index (χ1v) is 4.94. The fourth-order valence-corrected chi connectivity index (χ4v) is 1.48. The fraction of sp³-hybridized carbons (Fsp3) is 0.556. The minimum atomic E-state index is -0.245. The lowest BCUT2D eigenvalue weighted by Gasteiger charge is -2.01. The molecule has 0 aliphatic rings. The van der Waals surface area contributed by atoms with E-state index in [1.165, 1.54) is 0 Å². The maximum Gasteiger partial charge on any atom is 0.0879 e. The summed E-state index contributed by atoms with van der Waals surface area (Å²) in [7, 11) is 3.75. The van der Waals surface area contributed by atoms with Crippen molar-refractivity contribution in [2.75, 3.05) is 14.1 Å². The average Bonchev–Trinajstić information content (AvgIpc) is 2.56. The molecule has 3 heteroatoms. The molecule has 1 heterocycles. The zero-order valence-corrected chi connectivity index (χ0v) is 8.69. The van der Waals surface area contributed by atoms with Gasteiger partial charge >= 0.3 is 0 Å². The molecular formula is C9H17NOS. The molecule has 2 nitrogen and oxygen atoms in total. The van der Waals surface area contributed by atoms with Crippen molar-refractivity contribution in [1.29, 1.82) is 0 Å². The molecule has 1 rings (SSSR count). The van der Waals surface area contributed by atoms with Crippen LogP contribution in [0.25, 0.3) is 0 Å². The van der Waals surface area contributed by atoms with Crippen LogP contribution in [0.4, 0.5) is 0 Å². The summed E-state index contributed by atoms with van der Waals surface area (Å²) in [5.74, 6) is 0. The van der Waals surface area contributed by atoms with Gasteiger partial charge in [0.25, 0.3) is 0 Å². The van der Waals surface area contributed by atoms with Gasteiger partial charge in [0.15, 0.2) is 0 Å². The van der Waals surface area contributed by atoms with Gasteiger partial charge in [0.05, 0.1) is 6.10 Å². The minimum absolute atomic E-state index is 0.245. The lowest BCUT2D eigenvalue weighted by Crippen LogP contribution is -1.89. The SMILES string of the molecule is CCC(O)c1cccs1.CNC. The Labute approximate surface area is 78.2 Å². The van der Waals surface area contributed by atoms with Crippen molar-refractivity contribution < 1.29 is 5.11 Å². The highest BCUT2D eigenvalue weighted by molar-refractivity contribution is 7.10. The molecule has 1 aromatic heterocycles. The number of aliphatic hydroxyl groups excluding tert-OH is 1. The first-order chi connectivity index (χ1) is 5.76. The Morgan fingerprint density at radius 2 is 2.17 bits per heavy atom. The number of nitrogens with one attached hydrogen (secondary N) is 1. The van der Waals surface area contributed by atoms with Crippen LogP contribution >= 0.6 is 11.3 Å². The number of hydrogen-bond donors (Lipinski definition) is 2. The van der Waals surface area contributed by atoms with Gasteiger partial charge in [-0.2, -0.15) is 0 Å². The molecule has 70 valence electrons. The summed E-state index contributed by atoms with van der Waals surface area (Å²) >= 11 is 1.61. The Hall–Kier alpha value is -0.380. The van der Waals surface area contributed by atoms with Gasteiger partial charge in [-0.3, -0.25) is 0 Å². The van der Waals surface area contributed by atoms with Crippen molar-refractivity contribution in [2.45, 2.75) is 19.4 Å². The summed E-state index contributed by atoms with van der Waals surface area (Å²) < 4.78 is 0. The van der Waals surface area contributed by atoms with Gasteiger partial charge in [-0.25, -0.2) is 0 Å². The van der Waals surface area contributed by atoms with Crippen LogP contribution in [-0.4, -0.2) is 19.2 Å². The van der Waals surface area contributed by atoms with Gasteiger partial charge in [-0.15, -0.1) is 11.3 Å². The molecule has 0 saturated carbocycles. The zero-order valence-electron chi connectivity index (χ0n) is 7.87. The van der Waals surface area contributed by atoms with Crippen molar-refractivity contribution in [3.05, 3.63) is 22.4 Å². The maximum atomic E-state index is 9.23. The number of rotatable bonds is 2. The molecular weight excluding hydrogens is 170 g/mol. The lowest BCUT2D eigenvalue weighted by atomic mass is 10.2. The molecule has 0 aromatic carbocycles. The molecule has 0 saturated heterocycles. The Balaban J connectivity index is 0.000000354. The molecule has 12 heavy (non-hydrogen) atoms. The van der Waals surface area contributed by atoms with E-state index in [0.717, 1.165) is 11.3 Å². The summed E-state index contributed by atoms with van der Waals surface area (Å²) in [6, 6.07) is 3.91. The largest absolute Gasteiger partial charge is 0.388 e. The molecule has 0 aliphatic heterocycles. The third-order valence-corrected chi connectivity index (χ3v) is 2.23. The fourth-order valence-electron chi connectivity index (χ4n) is 0.682. The molecule has 1 atom stereocenters. The topological polar surface area (TPSA) is 32.3 Å². The van der Waals surface area contributed by atoms with E-state index < -0.39 is 0 Å². The Kier molecular flexibility index (Phi) is 7.05. The van der Waals surface area contributed by atoms with Gasteiger partial charge < -0.3 is 10.4 Å². The van der Waals surface area contributed by atoms with E-state index >= 15 is 0 Å². The predicted octanol–water partition coefficient (Wildman–Crippen LogP) is 2.03. The summed E-state index contributed by atoms with van der Waals surface area (Å²) in [5, 5.41) is 14.0. The van der Waals surface area contributed by atoms with Crippen molar-refractivity contribution >= 4 is 11.3 Å². The molecule has 1 aromatic rings. The zero-order chi connectivity index (χ0) is 9.40. The number of thiophene rings is 1. The van der Waals surface area contributed by atoms with Gasteiger partial charge in [0, 0.05) is 4.88 Å². The maximum absolute atomic E-state index is 9.23. The normalized spacial score (nSPS) is 11.7. The molecule has 0 radical (unpaired) electrons. The first-order valence-electron chi connectivity index (χ1n) is 4.06. The monoisotopic (exact) mass is 187 g/mol. The van der Waals surface area contributed by atoms with E-state index in [4.69, 9.17) is 0 Å². The highest BCUT2D eigenvalue weighted by Crippen LogP contribution is 2.20. The van der Waals surface area contributed by atoms with E-state index in [9.17, 15) is 5.11 Å². The first kappa shape index (κ1) is 11.6. The second kappa shape index (κ2) is 7.28. The van der Waals surface area contributed by atoms with Crippen LogP contribution in [0.1, 0.15) is 24.3 Å². The smallest absolute Gasteiger partial charge is 0.0879 e. The van der Waals surface area contributed by atoms with E-state index in [0.29, 0.717) is 0 Å². The van der Waals surface area contributed by atoms with E-state index in [-0.39, 0.29) is 6.10 Å². The van der Waals surface area contributed by atoms with Crippen molar-refractivity contribution in [3.63, 3.8) is 0 Å². The minimum Gasteiger partial charge on any atom is -0.388 e. The third-order valence-electron chi connectivity index (χ3n) is 1.26. The highest BCUT2D eigenvalue weighted by Gasteiger charge is 2.02. The van der Waals surface area contributed by atoms with Crippen LogP contribution in [0.15, 0.2) is 17.5 Å². The van der Waals surface area contributed by atoms with Crippen LogP contribution < -0.4 is 5.32 Å². The van der Waals surface area contributed by atoms with Gasteiger partial charge in [-0.1, -0.05) is 13.0 Å². The van der Waals surface area contributed by atoms with E-state index in [2.05, 4.69) is 5.32 Å². The Morgan fingerprint density at radius 1 is 1.58 bits per heavy atom. The second-order valence-electron chi connectivity index (χ2n) is 2.44. The standard InChI is InChI=1S/C7H10OS.C2H7N/c1-2-6(8)7-4-3-5-9-7;1-3-2/h3-6,8H,2H2,1H3;3H,1-2H3. The Bertz CT molecular complexity index is 175. The number of aliphatic hydroxyl groups is 1. The summed E-state index contributed by atoms with van der Waals surface area (Å²) in [4.78, 5) is 1.07. The predicted molar refractivity (Wildman–Crippen MR) is 54.6 cm³/mol. The van der Waals surface area contributed by atoms with E-state index in [1.807, 2.05) is 38.5 Å². The summed E-state index contributed by atoms with van der Waals surface area (Å²) in [5.41, 5.74) is 0. The molecule has 2 N–H and O–H groups in total. The lowest BCUT2D eigenvalue weighted by molar-refractivity contribution is 0.177. The van der Waals surface area contributed by atoms with Gasteiger partial charge in [-0.05, 0) is 32.0 Å². The quantitative estimate of drug-likeness (QED) is 0.742. The molecule has 1 unspecified atom stereocenters. The molecule has 0 amide bonds. The van der Waals surface area contributed by atoms with Crippen LogP contribution in [0.5, 0.6) is 0 Å². The molecule has 0 spiro atoms. The van der Waals surface area contributed by atoms with Crippen LogP contribution in [-0.2, 0) is 0 Å². The third kappa shape index (κ3) is 4.49. The summed E-state index contributed by atoms with van der Waals surface area (Å²) in [6.07, 6.45) is 0.561. The van der Waals surface area contributed by atoms with Crippen molar-refractivity contribution in [3.8, 4) is 0 Å². The average molecular weight is 187 g/mol. The van der Waals surface area contributed by atoms with Gasteiger partial charge in [0.1, 0.15) is 0 Å². The van der Waals surface area contributed by atoms with Crippen LogP contribution in [0, 0.1) is 0 Å². The molecule has 0 fully saturated rings. The molecule has 0 aliphatic carbocycles. The van der Waals surface area contributed by atoms with Gasteiger partial charge in [0.2, 0.25) is 0 Å². The Morgan fingerprint density at radius 3 is 2.50 bits per heavy atom. The van der Waals surface area contributed by atoms with Crippen LogP contribution in [0.3, 0.4) is 0 Å². The van der Waals surface area contributed by atoms with Crippen LogP contribution in [0.2, 0.25) is 0 Å².